The molecule has 3 rings (SSSR count). The summed E-state index contributed by atoms with van der Waals surface area (Å²) in [5, 5.41) is 11.9. The van der Waals surface area contributed by atoms with Crippen molar-refractivity contribution in [2.24, 2.45) is 0 Å². The second kappa shape index (κ2) is 7.08. The van der Waals surface area contributed by atoms with Gasteiger partial charge in [-0.15, -0.1) is 0 Å². The molecule has 8 nitrogen and oxygen atoms in total. The van der Waals surface area contributed by atoms with Gasteiger partial charge in [-0.1, -0.05) is 6.07 Å². The van der Waals surface area contributed by atoms with Crippen molar-refractivity contribution in [3.63, 3.8) is 0 Å². The number of aromatic nitrogens is 1. The molecule has 0 aliphatic rings. The van der Waals surface area contributed by atoms with Crippen molar-refractivity contribution >= 4 is 32.6 Å². The van der Waals surface area contributed by atoms with Gasteiger partial charge in [-0.3, -0.25) is 4.72 Å². The van der Waals surface area contributed by atoms with Crippen LogP contribution in [0.25, 0.3) is 10.9 Å². The lowest BCUT2D eigenvalue weighted by molar-refractivity contribution is -0.255. The molecule has 0 spiro atoms. The molecule has 0 radical (unpaired) electrons. The number of ether oxygens (including phenoxy) is 2. The molecule has 0 saturated heterocycles. The van der Waals surface area contributed by atoms with Crippen LogP contribution in [0, 0.1) is 13.8 Å². The first-order chi connectivity index (χ1) is 13.2. The molecule has 1 heterocycles. The lowest BCUT2D eigenvalue weighted by Crippen LogP contribution is -2.25. The van der Waals surface area contributed by atoms with Crippen molar-refractivity contribution in [3.8, 4) is 11.5 Å². The first-order valence-electron chi connectivity index (χ1n) is 8.27. The topological polar surface area (TPSA) is 121 Å². The van der Waals surface area contributed by atoms with Gasteiger partial charge < -0.3 is 24.4 Å². The van der Waals surface area contributed by atoms with E-state index >= 15 is 0 Å². The van der Waals surface area contributed by atoms with Gasteiger partial charge in [0.1, 0.15) is 0 Å². The fourth-order valence-electron chi connectivity index (χ4n) is 2.85. The molecule has 1 aromatic heterocycles. The zero-order chi connectivity index (χ0) is 20.6. The van der Waals surface area contributed by atoms with Crippen LogP contribution in [0.2, 0.25) is 0 Å². The van der Waals surface area contributed by atoms with Crippen molar-refractivity contribution in [1.82, 2.24) is 4.98 Å². The Balaban J connectivity index is 2.19. The molecule has 0 bridgehead atoms. The molecule has 148 valence electrons. The molecular weight excluding hydrogens is 384 g/mol. The van der Waals surface area contributed by atoms with Crippen LogP contribution in [0.3, 0.4) is 0 Å². The van der Waals surface area contributed by atoms with Gasteiger partial charge in [-0.2, -0.15) is 0 Å². The quantitative estimate of drug-likeness (QED) is 0.649. The number of methoxy groups -OCH3 is 2. The monoisotopic (exact) mass is 403 g/mol. The Hall–Kier alpha value is -3.20. The van der Waals surface area contributed by atoms with Gasteiger partial charge in [0, 0.05) is 11.5 Å². The maximum absolute atomic E-state index is 12.9. The van der Waals surface area contributed by atoms with E-state index in [2.05, 4.69) is 9.71 Å². The molecule has 0 aliphatic carbocycles. The smallest absolute Gasteiger partial charge is 0.261 e. The number of sulfonamides is 1. The average Bonchev–Trinajstić information content (AvgIpc) is 2.99. The third kappa shape index (κ3) is 3.36. The summed E-state index contributed by atoms with van der Waals surface area (Å²) < 4.78 is 38.5. The van der Waals surface area contributed by atoms with E-state index in [-0.39, 0.29) is 10.6 Å². The van der Waals surface area contributed by atoms with E-state index in [9.17, 15) is 18.3 Å². The summed E-state index contributed by atoms with van der Waals surface area (Å²) >= 11 is 0. The number of rotatable bonds is 6. The summed E-state index contributed by atoms with van der Waals surface area (Å²) in [6.45, 7) is 3.66. The third-order valence-electron chi connectivity index (χ3n) is 4.53. The van der Waals surface area contributed by atoms with E-state index in [1.807, 2.05) is 6.92 Å². The van der Waals surface area contributed by atoms with Crippen LogP contribution < -0.4 is 19.3 Å². The van der Waals surface area contributed by atoms with Crippen LogP contribution in [0.4, 0.5) is 5.69 Å². The third-order valence-corrected chi connectivity index (χ3v) is 5.88. The Labute approximate surface area is 162 Å². The van der Waals surface area contributed by atoms with E-state index in [0.29, 0.717) is 22.4 Å². The summed E-state index contributed by atoms with van der Waals surface area (Å²) in [4.78, 5) is 14.3. The van der Waals surface area contributed by atoms with Gasteiger partial charge in [0.15, 0.2) is 11.5 Å². The molecule has 0 amide bonds. The SMILES string of the molecule is COc1cc2[nH]c(C(=O)[O-])c(NS(=O)(=O)c3ccc(C)c(C)c3)c2cc1OC. The number of carboxylic acids is 1. The Kier molecular flexibility index (Phi) is 4.95. The van der Waals surface area contributed by atoms with Crippen LogP contribution in [-0.2, 0) is 10.0 Å². The van der Waals surface area contributed by atoms with E-state index in [0.717, 1.165) is 11.1 Å². The molecule has 0 saturated carbocycles. The lowest BCUT2D eigenvalue weighted by atomic mass is 10.1. The molecule has 2 N–H and O–H groups in total. The van der Waals surface area contributed by atoms with Crippen molar-refractivity contribution in [3.05, 3.63) is 47.2 Å². The normalized spacial score (nSPS) is 11.4. The van der Waals surface area contributed by atoms with Gasteiger partial charge in [-0.25, -0.2) is 8.42 Å². The Morgan fingerprint density at radius 3 is 2.25 bits per heavy atom. The van der Waals surface area contributed by atoms with Gasteiger partial charge in [0.2, 0.25) is 0 Å². The van der Waals surface area contributed by atoms with Crippen molar-refractivity contribution in [1.29, 1.82) is 0 Å². The van der Waals surface area contributed by atoms with Crippen molar-refractivity contribution in [2.75, 3.05) is 18.9 Å². The summed E-state index contributed by atoms with van der Waals surface area (Å²) in [7, 11) is -1.17. The first kappa shape index (κ1) is 19.6. The van der Waals surface area contributed by atoms with Gasteiger partial charge in [0.05, 0.1) is 42.0 Å². The van der Waals surface area contributed by atoms with Crippen LogP contribution in [-0.4, -0.2) is 33.6 Å². The number of aryl methyl sites for hydroxylation is 2. The first-order valence-corrected chi connectivity index (χ1v) is 9.75. The van der Waals surface area contributed by atoms with Crippen LogP contribution >= 0.6 is 0 Å². The molecule has 28 heavy (non-hydrogen) atoms. The number of hydrogen-bond donors (Lipinski definition) is 2. The van der Waals surface area contributed by atoms with Crippen LogP contribution in [0.5, 0.6) is 11.5 Å². The fraction of sp³-hybridized carbons (Fsp3) is 0.211. The predicted octanol–water partition coefficient (Wildman–Crippen LogP) is 1.97. The highest BCUT2D eigenvalue weighted by atomic mass is 32.2. The van der Waals surface area contributed by atoms with Crippen LogP contribution in [0.1, 0.15) is 21.6 Å². The number of carbonyl (C=O) groups excluding carboxylic acids is 1. The predicted molar refractivity (Wildman–Crippen MR) is 102 cm³/mol. The number of aromatic carboxylic acids is 1. The second-order valence-corrected chi connectivity index (χ2v) is 7.95. The molecule has 0 fully saturated rings. The number of H-pyrrole nitrogens is 1. The van der Waals surface area contributed by atoms with E-state index in [4.69, 9.17) is 9.47 Å². The summed E-state index contributed by atoms with van der Waals surface area (Å²) in [6.07, 6.45) is 0. The molecule has 0 atom stereocenters. The second-order valence-electron chi connectivity index (χ2n) is 6.27. The van der Waals surface area contributed by atoms with Gasteiger partial charge in [0.25, 0.3) is 10.0 Å². The number of nitrogens with one attached hydrogen (secondary N) is 2. The molecule has 0 aliphatic heterocycles. The number of aromatic amines is 1. The Bertz CT molecular complexity index is 1180. The summed E-state index contributed by atoms with van der Waals surface area (Å²) in [6, 6.07) is 7.69. The van der Waals surface area contributed by atoms with E-state index < -0.39 is 21.7 Å². The lowest BCUT2D eigenvalue weighted by Gasteiger charge is -2.12. The molecule has 0 unspecified atom stereocenters. The number of benzene rings is 2. The maximum atomic E-state index is 12.9. The van der Waals surface area contributed by atoms with Crippen molar-refractivity contribution < 1.29 is 27.8 Å². The minimum absolute atomic E-state index is 0.0229. The number of carboxylic acid groups (broad SMARTS) is 1. The van der Waals surface area contributed by atoms with E-state index in [1.165, 1.54) is 38.5 Å². The molecule has 9 heteroatoms. The molecule has 3 aromatic rings. The van der Waals surface area contributed by atoms with Crippen molar-refractivity contribution in [2.45, 2.75) is 18.7 Å². The van der Waals surface area contributed by atoms with Crippen LogP contribution in [0.15, 0.2) is 35.2 Å². The Morgan fingerprint density at radius 2 is 1.68 bits per heavy atom. The number of anilines is 1. The summed E-state index contributed by atoms with van der Waals surface area (Å²) in [5.74, 6) is -0.859. The highest BCUT2D eigenvalue weighted by molar-refractivity contribution is 7.92. The average molecular weight is 403 g/mol. The van der Waals surface area contributed by atoms with Gasteiger partial charge >= 0.3 is 0 Å². The number of hydrogen-bond acceptors (Lipinski definition) is 6. The zero-order valence-electron chi connectivity index (χ0n) is 15.7. The number of fused-ring (bicyclic) bond motifs is 1. The highest BCUT2D eigenvalue weighted by Gasteiger charge is 2.22. The standard InChI is InChI=1S/C19H20N2O6S/c1-10-5-6-12(7-11(10)2)28(24,25)21-17-13-8-15(26-3)16(27-4)9-14(13)20-18(17)19(22)23/h5-9,20-21H,1-4H3,(H,22,23)/p-1. The zero-order valence-corrected chi connectivity index (χ0v) is 16.6. The minimum Gasteiger partial charge on any atom is -0.543 e. The molecular formula is C19H19N2O6S-. The minimum atomic E-state index is -4.04. The maximum Gasteiger partial charge on any atom is 0.261 e. The van der Waals surface area contributed by atoms with E-state index in [1.54, 1.807) is 13.0 Å². The summed E-state index contributed by atoms with van der Waals surface area (Å²) in [5.41, 5.74) is 1.58. The van der Waals surface area contributed by atoms with Gasteiger partial charge in [-0.05, 0) is 43.2 Å². The fourth-order valence-corrected chi connectivity index (χ4v) is 4.03. The molecule has 2 aromatic carbocycles. The highest BCUT2D eigenvalue weighted by Crippen LogP contribution is 2.37. The Morgan fingerprint density at radius 1 is 1.04 bits per heavy atom. The number of carbonyl (C=O) groups is 1. The largest absolute Gasteiger partial charge is 0.543 e.